The summed E-state index contributed by atoms with van der Waals surface area (Å²) >= 11 is 6.90. The molecule has 0 aliphatic carbocycles. The average molecular weight is 269 g/mol. The van der Waals surface area contributed by atoms with Crippen LogP contribution in [-0.2, 0) is 7.05 Å². The molecule has 0 aliphatic heterocycles. The van der Waals surface area contributed by atoms with E-state index in [1.54, 1.807) is 29.9 Å². The van der Waals surface area contributed by atoms with E-state index in [1.807, 2.05) is 0 Å². The first kappa shape index (κ1) is 12.0. The minimum atomic E-state index is -0.278. The minimum Gasteiger partial charge on any atom is -0.340 e. The highest BCUT2D eigenvalue weighted by molar-refractivity contribution is 7.18. The summed E-state index contributed by atoms with van der Waals surface area (Å²) in [4.78, 5) is 27.9. The number of thiophene rings is 1. The number of carbonyl (C=O) groups excluding carboxylic acids is 2. The van der Waals surface area contributed by atoms with E-state index in [-0.39, 0.29) is 18.0 Å². The summed E-state index contributed by atoms with van der Waals surface area (Å²) in [5, 5.41) is 0. The Morgan fingerprint density at radius 3 is 2.71 bits per heavy atom. The molecule has 4 nitrogen and oxygen atoms in total. The van der Waals surface area contributed by atoms with Crippen LogP contribution in [0.4, 0.5) is 0 Å². The van der Waals surface area contributed by atoms with Gasteiger partial charge in [0.1, 0.15) is 5.69 Å². The lowest BCUT2D eigenvalue weighted by molar-refractivity contribution is 0.0894. The monoisotopic (exact) mass is 268 g/mol. The number of aromatic nitrogens is 2. The van der Waals surface area contributed by atoms with Gasteiger partial charge in [-0.3, -0.25) is 9.59 Å². The fraction of sp³-hybridized carbons (Fsp3) is 0.182. The average Bonchev–Trinajstić information content (AvgIpc) is 2.87. The molecule has 0 bridgehead atoms. The SMILES string of the molecule is Cn1cnc(C(=O)CC(=O)c2ccc(Cl)s2)c1. The Morgan fingerprint density at radius 2 is 2.18 bits per heavy atom. The molecular weight excluding hydrogens is 260 g/mol. The molecule has 0 amide bonds. The molecule has 2 aromatic heterocycles. The molecule has 6 heteroatoms. The topological polar surface area (TPSA) is 52.0 Å². The zero-order valence-corrected chi connectivity index (χ0v) is 10.6. The van der Waals surface area contributed by atoms with Crippen molar-refractivity contribution < 1.29 is 9.59 Å². The maximum Gasteiger partial charge on any atom is 0.190 e. The molecule has 0 radical (unpaired) electrons. The smallest absolute Gasteiger partial charge is 0.190 e. The van der Waals surface area contributed by atoms with Gasteiger partial charge in [0.15, 0.2) is 11.6 Å². The largest absolute Gasteiger partial charge is 0.340 e. The fourth-order valence-corrected chi connectivity index (χ4v) is 2.33. The van der Waals surface area contributed by atoms with Crippen molar-refractivity contribution >= 4 is 34.5 Å². The van der Waals surface area contributed by atoms with Gasteiger partial charge in [0.05, 0.1) is 22.0 Å². The molecule has 2 heterocycles. The van der Waals surface area contributed by atoms with Crippen molar-refractivity contribution in [3.8, 4) is 0 Å². The Hall–Kier alpha value is -1.46. The van der Waals surface area contributed by atoms with E-state index in [9.17, 15) is 9.59 Å². The highest BCUT2D eigenvalue weighted by Gasteiger charge is 2.16. The van der Waals surface area contributed by atoms with Gasteiger partial charge in [0.25, 0.3) is 0 Å². The summed E-state index contributed by atoms with van der Waals surface area (Å²) in [5.74, 6) is -0.502. The molecule has 0 aliphatic rings. The number of nitrogens with zero attached hydrogens (tertiary/aromatic N) is 2. The van der Waals surface area contributed by atoms with Crippen molar-refractivity contribution in [2.75, 3.05) is 0 Å². The standard InChI is InChI=1S/C11H9ClN2O2S/c1-14-5-7(13-6-14)8(15)4-9(16)10-2-3-11(12)17-10/h2-3,5-6H,4H2,1H3. The molecule has 0 saturated heterocycles. The number of Topliss-reactive ketones (excluding diaryl/α,β-unsaturated/α-hetero) is 2. The lowest BCUT2D eigenvalue weighted by atomic mass is 10.1. The first-order valence-corrected chi connectivity index (χ1v) is 6.05. The third kappa shape index (κ3) is 2.81. The molecule has 88 valence electrons. The maximum atomic E-state index is 11.7. The molecular formula is C11H9ClN2O2S. The quantitative estimate of drug-likeness (QED) is 0.633. The molecule has 2 rings (SSSR count). The van der Waals surface area contributed by atoms with Gasteiger partial charge in [-0.1, -0.05) is 11.6 Å². The molecule has 0 atom stereocenters. The van der Waals surface area contributed by atoms with Crippen molar-refractivity contribution in [1.82, 2.24) is 9.55 Å². The molecule has 0 saturated carbocycles. The number of hydrogen-bond donors (Lipinski definition) is 0. The zero-order valence-electron chi connectivity index (χ0n) is 9.01. The second kappa shape index (κ2) is 4.81. The third-order valence-electron chi connectivity index (χ3n) is 2.16. The van der Waals surface area contributed by atoms with Gasteiger partial charge in [-0.25, -0.2) is 4.98 Å². The molecule has 0 N–H and O–H groups in total. The van der Waals surface area contributed by atoms with Crippen LogP contribution in [0.3, 0.4) is 0 Å². The summed E-state index contributed by atoms with van der Waals surface area (Å²) in [6.45, 7) is 0. The molecule has 0 fully saturated rings. The third-order valence-corrected chi connectivity index (χ3v) is 3.43. The molecule has 2 aromatic rings. The first-order chi connectivity index (χ1) is 8.06. The van der Waals surface area contributed by atoms with E-state index in [2.05, 4.69) is 4.98 Å². The zero-order chi connectivity index (χ0) is 12.4. The lowest BCUT2D eigenvalue weighted by Crippen LogP contribution is -2.07. The van der Waals surface area contributed by atoms with E-state index in [0.717, 1.165) is 0 Å². The molecule has 0 aromatic carbocycles. The summed E-state index contributed by atoms with van der Waals surface area (Å²) in [7, 11) is 1.77. The summed E-state index contributed by atoms with van der Waals surface area (Å²) in [6, 6.07) is 3.27. The Labute approximate surface area is 107 Å². The van der Waals surface area contributed by atoms with Crippen LogP contribution in [0.15, 0.2) is 24.7 Å². The predicted octanol–water partition coefficient (Wildman–Crippen LogP) is 2.59. The number of hydrogen-bond acceptors (Lipinski definition) is 4. The predicted molar refractivity (Wildman–Crippen MR) is 65.8 cm³/mol. The highest BCUT2D eigenvalue weighted by Crippen LogP contribution is 2.22. The molecule has 17 heavy (non-hydrogen) atoms. The Bertz CT molecular complexity index is 523. The Balaban J connectivity index is 2.07. The summed E-state index contributed by atoms with van der Waals surface area (Å²) < 4.78 is 2.21. The van der Waals surface area contributed by atoms with Crippen molar-refractivity contribution in [1.29, 1.82) is 0 Å². The van der Waals surface area contributed by atoms with Crippen molar-refractivity contribution in [2.45, 2.75) is 6.42 Å². The minimum absolute atomic E-state index is 0.173. The van der Waals surface area contributed by atoms with Gasteiger partial charge in [-0.15, -0.1) is 11.3 Å². The van der Waals surface area contributed by atoms with Crippen molar-refractivity contribution in [3.05, 3.63) is 39.6 Å². The van der Waals surface area contributed by atoms with Gasteiger partial charge in [-0.05, 0) is 12.1 Å². The Kier molecular flexibility index (Phi) is 3.40. The van der Waals surface area contributed by atoms with E-state index < -0.39 is 0 Å². The number of imidazole rings is 1. The van der Waals surface area contributed by atoms with Gasteiger partial charge in [0.2, 0.25) is 0 Å². The second-order valence-electron chi connectivity index (χ2n) is 3.55. The van der Waals surface area contributed by atoms with E-state index in [1.165, 1.54) is 17.7 Å². The van der Waals surface area contributed by atoms with E-state index in [0.29, 0.717) is 14.9 Å². The van der Waals surface area contributed by atoms with Crippen LogP contribution in [0.1, 0.15) is 26.6 Å². The number of carbonyl (C=O) groups is 2. The fourth-order valence-electron chi connectivity index (χ4n) is 1.34. The number of ketones is 2. The summed E-state index contributed by atoms with van der Waals surface area (Å²) in [6.07, 6.45) is 2.95. The van der Waals surface area contributed by atoms with Gasteiger partial charge in [0, 0.05) is 13.2 Å². The number of aryl methyl sites for hydroxylation is 1. The number of rotatable bonds is 4. The highest BCUT2D eigenvalue weighted by atomic mass is 35.5. The lowest BCUT2D eigenvalue weighted by Gasteiger charge is -1.95. The van der Waals surface area contributed by atoms with Crippen LogP contribution in [0.2, 0.25) is 4.34 Å². The van der Waals surface area contributed by atoms with Crippen LogP contribution < -0.4 is 0 Å². The van der Waals surface area contributed by atoms with E-state index >= 15 is 0 Å². The van der Waals surface area contributed by atoms with Gasteiger partial charge in [-0.2, -0.15) is 0 Å². The van der Waals surface area contributed by atoms with Crippen LogP contribution in [0.25, 0.3) is 0 Å². The molecule has 0 spiro atoms. The first-order valence-electron chi connectivity index (χ1n) is 4.86. The molecule has 0 unspecified atom stereocenters. The van der Waals surface area contributed by atoms with Crippen molar-refractivity contribution in [3.63, 3.8) is 0 Å². The van der Waals surface area contributed by atoms with Gasteiger partial charge >= 0.3 is 0 Å². The Morgan fingerprint density at radius 1 is 1.41 bits per heavy atom. The summed E-state index contributed by atoms with van der Waals surface area (Å²) in [5.41, 5.74) is 0.309. The van der Waals surface area contributed by atoms with Crippen LogP contribution in [0.5, 0.6) is 0 Å². The number of halogens is 1. The maximum absolute atomic E-state index is 11.7. The van der Waals surface area contributed by atoms with E-state index in [4.69, 9.17) is 11.6 Å². The van der Waals surface area contributed by atoms with Crippen LogP contribution >= 0.6 is 22.9 Å². The van der Waals surface area contributed by atoms with Crippen LogP contribution in [0, 0.1) is 0 Å². The normalized spacial score (nSPS) is 10.5. The van der Waals surface area contributed by atoms with Gasteiger partial charge < -0.3 is 4.57 Å². The van der Waals surface area contributed by atoms with Crippen LogP contribution in [-0.4, -0.2) is 21.1 Å². The van der Waals surface area contributed by atoms with Crippen molar-refractivity contribution in [2.24, 2.45) is 7.05 Å². The second-order valence-corrected chi connectivity index (χ2v) is 5.27.